The molecule has 3 rings (SSSR count). The Hall–Kier alpha value is -1.29. The van der Waals surface area contributed by atoms with Crippen molar-refractivity contribution in [2.75, 3.05) is 6.61 Å². The molecule has 0 saturated heterocycles. The van der Waals surface area contributed by atoms with Gasteiger partial charge in [0.25, 0.3) is 0 Å². The molecule has 0 radical (unpaired) electrons. The van der Waals surface area contributed by atoms with Crippen LogP contribution in [0.25, 0.3) is 0 Å². The van der Waals surface area contributed by atoms with E-state index in [9.17, 15) is 4.79 Å². The summed E-state index contributed by atoms with van der Waals surface area (Å²) in [4.78, 5) is 21.2. The SMILES string of the molecule is CCOC1(c2ncc3c(n2)CCCC3=O)CCCCCC1. The number of carbonyl (C=O) groups is 1. The number of aryl methyl sites for hydroxylation is 1. The predicted molar refractivity (Wildman–Crippen MR) is 80.3 cm³/mol. The van der Waals surface area contributed by atoms with Crippen molar-refractivity contribution in [1.82, 2.24) is 9.97 Å². The number of nitrogens with zero attached hydrogens (tertiary/aromatic N) is 2. The standard InChI is InChI=1S/C17H24N2O2/c1-2-21-17(10-5-3-4-6-11-17)16-18-12-13-14(19-16)8-7-9-15(13)20/h12H,2-11H2,1H3. The Balaban J connectivity index is 1.97. The molecule has 1 aromatic rings. The number of ether oxygens (including phenoxy) is 1. The molecule has 0 spiro atoms. The van der Waals surface area contributed by atoms with Crippen molar-refractivity contribution in [3.05, 3.63) is 23.3 Å². The van der Waals surface area contributed by atoms with E-state index < -0.39 is 0 Å². The zero-order chi connectivity index (χ0) is 14.7. The highest BCUT2D eigenvalue weighted by Crippen LogP contribution is 2.38. The van der Waals surface area contributed by atoms with E-state index in [1.807, 2.05) is 6.92 Å². The maximum absolute atomic E-state index is 11.9. The second-order valence-corrected chi connectivity index (χ2v) is 6.17. The molecule has 0 aliphatic heterocycles. The van der Waals surface area contributed by atoms with Crippen molar-refractivity contribution in [2.45, 2.75) is 70.3 Å². The number of hydrogen-bond acceptors (Lipinski definition) is 4. The normalized spacial score (nSPS) is 21.7. The number of aromatic nitrogens is 2. The second-order valence-electron chi connectivity index (χ2n) is 6.17. The van der Waals surface area contributed by atoms with Crippen LogP contribution in [-0.4, -0.2) is 22.4 Å². The van der Waals surface area contributed by atoms with Gasteiger partial charge in [-0.2, -0.15) is 0 Å². The van der Waals surface area contributed by atoms with E-state index in [4.69, 9.17) is 9.72 Å². The zero-order valence-corrected chi connectivity index (χ0v) is 12.9. The largest absolute Gasteiger partial charge is 0.367 e. The van der Waals surface area contributed by atoms with Crippen LogP contribution in [0.1, 0.15) is 80.2 Å². The first-order valence-corrected chi connectivity index (χ1v) is 8.29. The lowest BCUT2D eigenvalue weighted by Crippen LogP contribution is -2.33. The summed E-state index contributed by atoms with van der Waals surface area (Å²) >= 11 is 0. The first-order chi connectivity index (χ1) is 10.2. The number of Topliss-reactive ketones (excluding diaryl/α,β-unsaturated/α-hetero) is 1. The quantitative estimate of drug-likeness (QED) is 0.798. The van der Waals surface area contributed by atoms with Gasteiger partial charge in [0.2, 0.25) is 0 Å². The Morgan fingerprint density at radius 2 is 1.90 bits per heavy atom. The van der Waals surface area contributed by atoms with Gasteiger partial charge in [0, 0.05) is 19.2 Å². The van der Waals surface area contributed by atoms with Crippen LogP contribution in [0, 0.1) is 0 Å². The number of carbonyl (C=O) groups excluding carboxylic acids is 1. The molecule has 0 aromatic carbocycles. The highest BCUT2D eigenvalue weighted by Gasteiger charge is 2.37. The minimum Gasteiger partial charge on any atom is -0.367 e. The van der Waals surface area contributed by atoms with Crippen molar-refractivity contribution >= 4 is 5.78 Å². The van der Waals surface area contributed by atoms with Crippen LogP contribution < -0.4 is 0 Å². The van der Waals surface area contributed by atoms with E-state index in [1.54, 1.807) is 6.20 Å². The molecule has 21 heavy (non-hydrogen) atoms. The van der Waals surface area contributed by atoms with Gasteiger partial charge in [0.1, 0.15) is 5.60 Å². The van der Waals surface area contributed by atoms with Gasteiger partial charge in [-0.15, -0.1) is 0 Å². The molecule has 4 nitrogen and oxygen atoms in total. The van der Waals surface area contributed by atoms with Crippen molar-refractivity contribution in [3.8, 4) is 0 Å². The number of rotatable bonds is 3. The molecule has 1 aromatic heterocycles. The van der Waals surface area contributed by atoms with Crippen molar-refractivity contribution in [3.63, 3.8) is 0 Å². The molecule has 2 aliphatic rings. The molecule has 1 saturated carbocycles. The van der Waals surface area contributed by atoms with Gasteiger partial charge in [-0.1, -0.05) is 25.7 Å². The minimum absolute atomic E-state index is 0.189. The molecule has 1 fully saturated rings. The summed E-state index contributed by atoms with van der Waals surface area (Å²) in [6.07, 6.45) is 11.0. The number of ketones is 1. The molecule has 0 N–H and O–H groups in total. The third-order valence-corrected chi connectivity index (χ3v) is 4.72. The lowest BCUT2D eigenvalue weighted by molar-refractivity contribution is -0.0626. The molecule has 1 heterocycles. The van der Waals surface area contributed by atoms with Crippen molar-refractivity contribution in [1.29, 1.82) is 0 Å². The molecule has 0 bridgehead atoms. The monoisotopic (exact) mass is 288 g/mol. The van der Waals surface area contributed by atoms with Gasteiger partial charge >= 0.3 is 0 Å². The number of hydrogen-bond donors (Lipinski definition) is 0. The summed E-state index contributed by atoms with van der Waals surface area (Å²) in [6.45, 7) is 2.72. The van der Waals surface area contributed by atoms with Gasteiger partial charge in [-0.3, -0.25) is 4.79 Å². The van der Waals surface area contributed by atoms with E-state index in [0.29, 0.717) is 13.0 Å². The van der Waals surface area contributed by atoms with Crippen LogP contribution in [-0.2, 0) is 16.8 Å². The van der Waals surface area contributed by atoms with Gasteiger partial charge < -0.3 is 4.74 Å². The lowest BCUT2D eigenvalue weighted by atomic mass is 9.91. The molecule has 4 heteroatoms. The summed E-state index contributed by atoms with van der Waals surface area (Å²) in [7, 11) is 0. The van der Waals surface area contributed by atoms with Crippen LogP contribution in [0.2, 0.25) is 0 Å². The maximum Gasteiger partial charge on any atom is 0.166 e. The maximum atomic E-state index is 11.9. The Kier molecular flexibility index (Phi) is 4.34. The van der Waals surface area contributed by atoms with E-state index in [-0.39, 0.29) is 11.4 Å². The average molecular weight is 288 g/mol. The Morgan fingerprint density at radius 1 is 1.14 bits per heavy atom. The fourth-order valence-electron chi connectivity index (χ4n) is 3.62. The fraction of sp³-hybridized carbons (Fsp3) is 0.706. The van der Waals surface area contributed by atoms with E-state index in [1.165, 1.54) is 25.7 Å². The van der Waals surface area contributed by atoms with Gasteiger partial charge in [0.05, 0.1) is 11.3 Å². The summed E-state index contributed by atoms with van der Waals surface area (Å²) < 4.78 is 6.14. The minimum atomic E-state index is -0.333. The smallest absolute Gasteiger partial charge is 0.166 e. The molecular weight excluding hydrogens is 264 g/mol. The highest BCUT2D eigenvalue weighted by molar-refractivity contribution is 5.97. The first kappa shape index (κ1) is 14.6. The van der Waals surface area contributed by atoms with Crippen LogP contribution >= 0.6 is 0 Å². The molecule has 2 aliphatic carbocycles. The van der Waals surface area contributed by atoms with Gasteiger partial charge in [-0.25, -0.2) is 9.97 Å². The van der Waals surface area contributed by atoms with Crippen LogP contribution in [0.15, 0.2) is 6.20 Å². The third kappa shape index (κ3) is 2.86. The van der Waals surface area contributed by atoms with Gasteiger partial charge in [0.15, 0.2) is 11.6 Å². The van der Waals surface area contributed by atoms with Crippen LogP contribution in [0.5, 0.6) is 0 Å². The van der Waals surface area contributed by atoms with E-state index >= 15 is 0 Å². The Bertz CT molecular complexity index is 520. The molecule has 114 valence electrons. The first-order valence-electron chi connectivity index (χ1n) is 8.29. The second kappa shape index (κ2) is 6.22. The number of fused-ring (bicyclic) bond motifs is 1. The van der Waals surface area contributed by atoms with Gasteiger partial charge in [-0.05, 0) is 32.6 Å². The molecule has 0 amide bonds. The highest BCUT2D eigenvalue weighted by atomic mass is 16.5. The Morgan fingerprint density at radius 3 is 2.62 bits per heavy atom. The summed E-state index contributed by atoms with van der Waals surface area (Å²) in [5.74, 6) is 0.994. The van der Waals surface area contributed by atoms with Crippen molar-refractivity contribution in [2.24, 2.45) is 0 Å². The topological polar surface area (TPSA) is 52.1 Å². The van der Waals surface area contributed by atoms with E-state index in [2.05, 4.69) is 4.98 Å². The fourth-order valence-corrected chi connectivity index (χ4v) is 3.62. The van der Waals surface area contributed by atoms with E-state index in [0.717, 1.165) is 42.8 Å². The summed E-state index contributed by atoms with van der Waals surface area (Å²) in [5.41, 5.74) is 1.32. The third-order valence-electron chi connectivity index (χ3n) is 4.72. The Labute approximate surface area is 126 Å². The van der Waals surface area contributed by atoms with Crippen molar-refractivity contribution < 1.29 is 9.53 Å². The zero-order valence-electron chi connectivity index (χ0n) is 12.9. The van der Waals surface area contributed by atoms with Crippen LogP contribution in [0.3, 0.4) is 0 Å². The molecular formula is C17H24N2O2. The van der Waals surface area contributed by atoms with Crippen LogP contribution in [0.4, 0.5) is 0 Å². The molecule has 0 unspecified atom stereocenters. The molecule has 0 atom stereocenters. The summed E-state index contributed by atoms with van der Waals surface area (Å²) in [6, 6.07) is 0. The average Bonchev–Trinajstić information content (AvgIpc) is 2.74. The predicted octanol–water partition coefficient (Wildman–Crippen LogP) is 3.58. The summed E-state index contributed by atoms with van der Waals surface area (Å²) in [5, 5.41) is 0. The lowest BCUT2D eigenvalue weighted by Gasteiger charge is -2.31.